The lowest BCUT2D eigenvalue weighted by Crippen LogP contribution is -2.30. The van der Waals surface area contributed by atoms with Gasteiger partial charge >= 0.3 is 0 Å². The summed E-state index contributed by atoms with van der Waals surface area (Å²) < 4.78 is 5.62. The number of benzene rings is 1. The number of nitrogens with one attached hydrogen (secondary N) is 1. The molecule has 2 aromatic rings. The minimum atomic E-state index is -0.0349. The Labute approximate surface area is 112 Å². The van der Waals surface area contributed by atoms with E-state index < -0.39 is 0 Å². The normalized spacial score (nSPS) is 16.4. The molecule has 1 N–H and O–H groups in total. The fourth-order valence-corrected chi connectivity index (χ4v) is 2.56. The number of carbonyl (C=O) groups is 1. The number of furan rings is 1. The molecule has 0 radical (unpaired) electrons. The van der Waals surface area contributed by atoms with E-state index >= 15 is 0 Å². The van der Waals surface area contributed by atoms with Gasteiger partial charge in [-0.05, 0) is 31.1 Å². The second-order valence-corrected chi connectivity index (χ2v) is 5.01. The van der Waals surface area contributed by atoms with Crippen molar-refractivity contribution >= 4 is 23.0 Å². The summed E-state index contributed by atoms with van der Waals surface area (Å²) in [5.74, 6) is 0.676. The number of rotatable bonds is 3. The van der Waals surface area contributed by atoms with E-state index in [0.29, 0.717) is 11.8 Å². The van der Waals surface area contributed by atoms with Crippen LogP contribution in [0.2, 0.25) is 0 Å². The first-order chi connectivity index (χ1) is 9.31. The molecule has 0 saturated heterocycles. The second kappa shape index (κ2) is 5.31. The van der Waals surface area contributed by atoms with Crippen molar-refractivity contribution in [1.29, 1.82) is 0 Å². The summed E-state index contributed by atoms with van der Waals surface area (Å²) in [6.07, 6.45) is 7.92. The highest BCUT2D eigenvalue weighted by molar-refractivity contribution is 5.92. The molecule has 0 atom stereocenters. The van der Waals surface area contributed by atoms with Gasteiger partial charge in [0.15, 0.2) is 0 Å². The van der Waals surface area contributed by atoms with Crippen molar-refractivity contribution in [3.05, 3.63) is 42.2 Å². The Kier molecular flexibility index (Phi) is 3.36. The third-order valence-electron chi connectivity index (χ3n) is 3.55. The highest BCUT2D eigenvalue weighted by atomic mass is 16.3. The van der Waals surface area contributed by atoms with Gasteiger partial charge in [0.25, 0.3) is 0 Å². The number of para-hydroxylation sites is 1. The molecule has 0 aliphatic heterocycles. The fourth-order valence-electron chi connectivity index (χ4n) is 2.56. The Balaban J connectivity index is 1.66. The van der Waals surface area contributed by atoms with Gasteiger partial charge in [0, 0.05) is 17.5 Å². The number of amides is 1. The van der Waals surface area contributed by atoms with Crippen LogP contribution in [0.4, 0.5) is 0 Å². The highest BCUT2D eigenvalue weighted by Gasteiger charge is 2.15. The summed E-state index contributed by atoms with van der Waals surface area (Å²) in [5.41, 5.74) is 0.846. The molecule has 0 unspecified atom stereocenters. The first-order valence-electron chi connectivity index (χ1n) is 6.78. The van der Waals surface area contributed by atoms with Gasteiger partial charge in [0.2, 0.25) is 5.91 Å². The Hall–Kier alpha value is -2.03. The van der Waals surface area contributed by atoms with E-state index in [1.54, 1.807) is 12.2 Å². The first kappa shape index (κ1) is 12.0. The van der Waals surface area contributed by atoms with E-state index in [9.17, 15) is 4.79 Å². The molecule has 19 heavy (non-hydrogen) atoms. The van der Waals surface area contributed by atoms with Crippen molar-refractivity contribution in [3.63, 3.8) is 0 Å². The van der Waals surface area contributed by atoms with Gasteiger partial charge in [0.1, 0.15) is 11.3 Å². The molecule has 1 fully saturated rings. The van der Waals surface area contributed by atoms with Gasteiger partial charge in [-0.25, -0.2) is 0 Å². The zero-order valence-electron chi connectivity index (χ0n) is 10.8. The Morgan fingerprint density at radius 3 is 2.84 bits per heavy atom. The average Bonchev–Trinajstić information content (AvgIpc) is 3.04. The predicted molar refractivity (Wildman–Crippen MR) is 75.6 cm³/mol. The van der Waals surface area contributed by atoms with Gasteiger partial charge in [-0.2, -0.15) is 0 Å². The Bertz CT molecular complexity index is 573. The summed E-state index contributed by atoms with van der Waals surface area (Å²) in [7, 11) is 0. The molecule has 0 bridgehead atoms. The van der Waals surface area contributed by atoms with E-state index in [-0.39, 0.29) is 5.91 Å². The topological polar surface area (TPSA) is 42.2 Å². The number of hydrogen-bond acceptors (Lipinski definition) is 2. The summed E-state index contributed by atoms with van der Waals surface area (Å²) in [5, 5.41) is 4.07. The van der Waals surface area contributed by atoms with E-state index in [1.165, 1.54) is 12.8 Å². The third-order valence-corrected chi connectivity index (χ3v) is 3.55. The molecule has 1 aliphatic rings. The fraction of sp³-hybridized carbons (Fsp3) is 0.312. The molecule has 3 heteroatoms. The van der Waals surface area contributed by atoms with Crippen molar-refractivity contribution in [3.8, 4) is 0 Å². The van der Waals surface area contributed by atoms with Crippen LogP contribution in [0, 0.1) is 0 Å². The maximum atomic E-state index is 11.7. The molecule has 0 spiro atoms. The quantitative estimate of drug-likeness (QED) is 0.853. The van der Waals surface area contributed by atoms with Crippen molar-refractivity contribution in [2.75, 3.05) is 0 Å². The molecule has 3 rings (SSSR count). The van der Waals surface area contributed by atoms with E-state index in [0.717, 1.165) is 23.8 Å². The minimum absolute atomic E-state index is 0.0349. The highest BCUT2D eigenvalue weighted by Crippen LogP contribution is 2.20. The van der Waals surface area contributed by atoms with Crippen LogP contribution < -0.4 is 5.32 Å². The predicted octanol–water partition coefficient (Wildman–Crippen LogP) is 3.50. The molecular weight excluding hydrogens is 238 g/mol. The smallest absolute Gasteiger partial charge is 0.244 e. The van der Waals surface area contributed by atoms with Crippen molar-refractivity contribution in [2.45, 2.75) is 31.7 Å². The Morgan fingerprint density at radius 2 is 2.05 bits per heavy atom. The monoisotopic (exact) mass is 255 g/mol. The van der Waals surface area contributed by atoms with E-state index in [2.05, 4.69) is 5.32 Å². The molecule has 1 aromatic heterocycles. The molecule has 1 heterocycles. The van der Waals surface area contributed by atoms with Crippen LogP contribution in [0.1, 0.15) is 31.4 Å². The van der Waals surface area contributed by atoms with Gasteiger partial charge in [-0.15, -0.1) is 0 Å². The molecule has 1 aliphatic carbocycles. The summed E-state index contributed by atoms with van der Waals surface area (Å²) >= 11 is 0. The van der Waals surface area contributed by atoms with Crippen LogP contribution in [-0.4, -0.2) is 11.9 Å². The van der Waals surface area contributed by atoms with Crippen molar-refractivity contribution in [1.82, 2.24) is 5.32 Å². The molecule has 98 valence electrons. The van der Waals surface area contributed by atoms with Crippen LogP contribution in [0.3, 0.4) is 0 Å². The standard InChI is InChI=1S/C16H17NO2/c18-16(17-13-6-2-3-7-13)10-9-14-11-12-5-1-4-8-15(12)19-14/h1,4-5,8-11,13H,2-3,6-7H2,(H,17,18)/b10-9+. The maximum absolute atomic E-state index is 11.7. The zero-order valence-corrected chi connectivity index (χ0v) is 10.8. The van der Waals surface area contributed by atoms with Gasteiger partial charge in [-0.1, -0.05) is 31.0 Å². The van der Waals surface area contributed by atoms with Crippen molar-refractivity contribution < 1.29 is 9.21 Å². The summed E-state index contributed by atoms with van der Waals surface area (Å²) in [6, 6.07) is 10.1. The lowest BCUT2D eigenvalue weighted by Gasteiger charge is -2.08. The molecule has 1 amide bonds. The lowest BCUT2D eigenvalue weighted by molar-refractivity contribution is -0.117. The largest absolute Gasteiger partial charge is 0.457 e. The number of carbonyl (C=O) groups excluding carboxylic acids is 1. The van der Waals surface area contributed by atoms with Crippen LogP contribution >= 0.6 is 0 Å². The first-order valence-corrected chi connectivity index (χ1v) is 6.78. The molecule has 3 nitrogen and oxygen atoms in total. The minimum Gasteiger partial charge on any atom is -0.457 e. The number of hydrogen-bond donors (Lipinski definition) is 1. The SMILES string of the molecule is O=C(/C=C/c1cc2ccccc2o1)NC1CCCC1. The van der Waals surface area contributed by atoms with Crippen LogP contribution in [0.15, 0.2) is 40.8 Å². The van der Waals surface area contributed by atoms with Crippen molar-refractivity contribution in [2.24, 2.45) is 0 Å². The number of fused-ring (bicyclic) bond motifs is 1. The van der Waals surface area contributed by atoms with Gasteiger partial charge < -0.3 is 9.73 Å². The Morgan fingerprint density at radius 1 is 1.26 bits per heavy atom. The second-order valence-electron chi connectivity index (χ2n) is 5.01. The molecular formula is C16H17NO2. The van der Waals surface area contributed by atoms with Gasteiger partial charge in [-0.3, -0.25) is 4.79 Å². The maximum Gasteiger partial charge on any atom is 0.244 e. The third kappa shape index (κ3) is 2.87. The van der Waals surface area contributed by atoms with Crippen LogP contribution in [0.25, 0.3) is 17.0 Å². The van der Waals surface area contributed by atoms with E-state index in [1.807, 2.05) is 30.3 Å². The average molecular weight is 255 g/mol. The molecule has 1 aromatic carbocycles. The molecule has 1 saturated carbocycles. The van der Waals surface area contributed by atoms with Crippen LogP contribution in [-0.2, 0) is 4.79 Å². The summed E-state index contributed by atoms with van der Waals surface area (Å²) in [6.45, 7) is 0. The van der Waals surface area contributed by atoms with Crippen LogP contribution in [0.5, 0.6) is 0 Å². The summed E-state index contributed by atoms with van der Waals surface area (Å²) in [4.78, 5) is 11.7. The van der Waals surface area contributed by atoms with Gasteiger partial charge in [0.05, 0.1) is 0 Å². The lowest BCUT2D eigenvalue weighted by atomic mass is 10.2. The zero-order chi connectivity index (χ0) is 13.1. The van der Waals surface area contributed by atoms with E-state index in [4.69, 9.17) is 4.42 Å².